The number of methoxy groups -OCH3 is 1. The van der Waals surface area contributed by atoms with E-state index in [9.17, 15) is 4.79 Å². The molecule has 0 radical (unpaired) electrons. The molecule has 1 atom stereocenters. The Hall–Kier alpha value is -1.59. The molecular formula is C16H25NO4. The Morgan fingerprint density at radius 1 is 1.33 bits per heavy atom. The van der Waals surface area contributed by atoms with Crippen molar-refractivity contribution in [3.63, 3.8) is 0 Å². The summed E-state index contributed by atoms with van der Waals surface area (Å²) < 4.78 is 10.5. The van der Waals surface area contributed by atoms with Crippen molar-refractivity contribution in [2.24, 2.45) is 0 Å². The monoisotopic (exact) mass is 295 g/mol. The van der Waals surface area contributed by atoms with E-state index >= 15 is 0 Å². The molecule has 5 heteroatoms. The van der Waals surface area contributed by atoms with Gasteiger partial charge in [0.2, 0.25) is 0 Å². The maximum absolute atomic E-state index is 11.9. The molecule has 0 amide bonds. The van der Waals surface area contributed by atoms with E-state index in [4.69, 9.17) is 14.6 Å². The van der Waals surface area contributed by atoms with Gasteiger partial charge in [-0.05, 0) is 37.6 Å². The number of ether oxygens (including phenoxy) is 2. The number of esters is 1. The maximum atomic E-state index is 11.9. The van der Waals surface area contributed by atoms with Crippen LogP contribution in [0.4, 0.5) is 0 Å². The molecule has 21 heavy (non-hydrogen) atoms. The van der Waals surface area contributed by atoms with Gasteiger partial charge in [-0.25, -0.2) is 0 Å². The third-order valence-corrected chi connectivity index (χ3v) is 3.38. The number of hydrogen-bond donors (Lipinski definition) is 2. The minimum Gasteiger partial charge on any atom is -0.494 e. The molecule has 0 aliphatic rings. The van der Waals surface area contributed by atoms with Gasteiger partial charge >= 0.3 is 5.97 Å². The minimum atomic E-state index is -0.740. The van der Waals surface area contributed by atoms with Crippen LogP contribution in [0.1, 0.15) is 32.3 Å². The Bertz CT molecular complexity index is 432. The van der Waals surface area contributed by atoms with Gasteiger partial charge in [-0.15, -0.1) is 0 Å². The molecule has 0 aliphatic heterocycles. The van der Waals surface area contributed by atoms with Crippen molar-refractivity contribution in [3.05, 3.63) is 29.8 Å². The lowest BCUT2D eigenvalue weighted by molar-refractivity contribution is -0.148. The summed E-state index contributed by atoms with van der Waals surface area (Å²) in [5, 5.41) is 12.2. The first-order valence-corrected chi connectivity index (χ1v) is 7.21. The van der Waals surface area contributed by atoms with Crippen molar-refractivity contribution in [1.29, 1.82) is 0 Å². The van der Waals surface area contributed by atoms with Gasteiger partial charge in [-0.1, -0.05) is 19.1 Å². The summed E-state index contributed by atoms with van der Waals surface area (Å²) >= 11 is 0. The highest BCUT2D eigenvalue weighted by Gasteiger charge is 2.33. The largest absolute Gasteiger partial charge is 0.494 e. The Kier molecular flexibility index (Phi) is 7.19. The summed E-state index contributed by atoms with van der Waals surface area (Å²) in [6, 6.07) is 7.23. The third-order valence-electron chi connectivity index (χ3n) is 3.38. The minimum absolute atomic E-state index is 0.0155. The van der Waals surface area contributed by atoms with E-state index in [1.807, 2.05) is 26.0 Å². The SMILES string of the molecule is CCCNC(C)(CCOc1ccc(CO)cc1)C(=O)OC. The first kappa shape index (κ1) is 17.5. The van der Waals surface area contributed by atoms with Crippen LogP contribution in [0.15, 0.2) is 24.3 Å². The highest BCUT2D eigenvalue weighted by Crippen LogP contribution is 2.16. The quantitative estimate of drug-likeness (QED) is 0.681. The van der Waals surface area contributed by atoms with Gasteiger partial charge in [-0.2, -0.15) is 0 Å². The number of carbonyl (C=O) groups excluding carboxylic acids is 1. The molecule has 1 aromatic rings. The van der Waals surface area contributed by atoms with Gasteiger partial charge in [0.25, 0.3) is 0 Å². The highest BCUT2D eigenvalue weighted by atomic mass is 16.5. The Morgan fingerprint density at radius 2 is 2.00 bits per heavy atom. The van der Waals surface area contributed by atoms with Crippen LogP contribution in [0, 0.1) is 0 Å². The van der Waals surface area contributed by atoms with E-state index in [1.165, 1.54) is 7.11 Å². The van der Waals surface area contributed by atoms with Gasteiger partial charge < -0.3 is 19.9 Å². The van der Waals surface area contributed by atoms with Gasteiger partial charge in [-0.3, -0.25) is 4.79 Å². The van der Waals surface area contributed by atoms with Crippen molar-refractivity contribution in [2.45, 2.75) is 38.8 Å². The lowest BCUT2D eigenvalue weighted by atomic mass is 9.98. The van der Waals surface area contributed by atoms with E-state index < -0.39 is 5.54 Å². The molecule has 0 spiro atoms. The van der Waals surface area contributed by atoms with Crippen LogP contribution in [-0.4, -0.2) is 36.9 Å². The Morgan fingerprint density at radius 3 is 2.52 bits per heavy atom. The summed E-state index contributed by atoms with van der Waals surface area (Å²) in [4.78, 5) is 11.9. The van der Waals surface area contributed by atoms with Gasteiger partial charge in [0, 0.05) is 6.42 Å². The second-order valence-electron chi connectivity index (χ2n) is 5.15. The summed E-state index contributed by atoms with van der Waals surface area (Å²) in [7, 11) is 1.39. The fourth-order valence-corrected chi connectivity index (χ4v) is 1.95. The van der Waals surface area contributed by atoms with Crippen molar-refractivity contribution < 1.29 is 19.4 Å². The number of rotatable bonds is 9. The number of nitrogens with one attached hydrogen (secondary N) is 1. The average Bonchev–Trinajstić information content (AvgIpc) is 2.52. The molecule has 1 rings (SSSR count). The van der Waals surface area contributed by atoms with Crippen molar-refractivity contribution >= 4 is 5.97 Å². The normalized spacial score (nSPS) is 13.5. The lowest BCUT2D eigenvalue weighted by Gasteiger charge is -2.27. The standard InChI is InChI=1S/C16H25NO4/c1-4-10-17-16(2,15(19)20-3)9-11-21-14-7-5-13(12-18)6-8-14/h5-8,17-18H,4,9-12H2,1-3H3. The van der Waals surface area contributed by atoms with Crippen LogP contribution in [0.25, 0.3) is 0 Å². The number of carbonyl (C=O) groups is 1. The van der Waals surface area contributed by atoms with E-state index in [2.05, 4.69) is 5.32 Å². The fraction of sp³-hybridized carbons (Fsp3) is 0.562. The van der Waals surface area contributed by atoms with E-state index in [0.29, 0.717) is 13.0 Å². The molecule has 2 N–H and O–H groups in total. The second-order valence-corrected chi connectivity index (χ2v) is 5.15. The van der Waals surface area contributed by atoms with Gasteiger partial charge in [0.05, 0.1) is 20.3 Å². The lowest BCUT2D eigenvalue weighted by Crippen LogP contribution is -2.51. The van der Waals surface area contributed by atoms with Crippen LogP contribution in [0.2, 0.25) is 0 Å². The molecule has 5 nitrogen and oxygen atoms in total. The number of aliphatic hydroxyl groups excluding tert-OH is 1. The Labute approximate surface area is 126 Å². The predicted octanol–water partition coefficient (Wildman–Crippen LogP) is 1.88. The van der Waals surface area contributed by atoms with Crippen molar-refractivity contribution in [2.75, 3.05) is 20.3 Å². The summed E-state index contributed by atoms with van der Waals surface area (Å²) in [5.41, 5.74) is 0.0989. The molecule has 0 heterocycles. The fourth-order valence-electron chi connectivity index (χ4n) is 1.95. The molecule has 1 aromatic carbocycles. The van der Waals surface area contributed by atoms with E-state index in [-0.39, 0.29) is 12.6 Å². The number of aliphatic hydroxyl groups is 1. The molecule has 0 saturated heterocycles. The number of benzene rings is 1. The molecule has 118 valence electrons. The molecule has 0 aromatic heterocycles. The maximum Gasteiger partial charge on any atom is 0.325 e. The molecule has 0 saturated carbocycles. The van der Waals surface area contributed by atoms with Gasteiger partial charge in [0.1, 0.15) is 11.3 Å². The zero-order chi connectivity index (χ0) is 15.7. The molecule has 1 unspecified atom stereocenters. The van der Waals surface area contributed by atoms with Crippen LogP contribution < -0.4 is 10.1 Å². The second kappa shape index (κ2) is 8.64. The molecule has 0 fully saturated rings. The average molecular weight is 295 g/mol. The van der Waals surface area contributed by atoms with Crippen molar-refractivity contribution in [3.8, 4) is 5.75 Å². The van der Waals surface area contributed by atoms with E-state index in [0.717, 1.165) is 24.3 Å². The van der Waals surface area contributed by atoms with Crippen LogP contribution >= 0.6 is 0 Å². The Balaban J connectivity index is 2.53. The zero-order valence-corrected chi connectivity index (χ0v) is 13.0. The summed E-state index contributed by atoms with van der Waals surface area (Å²) in [6.45, 7) is 5.04. The molecule has 0 bridgehead atoms. The highest BCUT2D eigenvalue weighted by molar-refractivity contribution is 5.80. The smallest absolute Gasteiger partial charge is 0.325 e. The summed E-state index contributed by atoms with van der Waals surface area (Å²) in [6.07, 6.45) is 1.46. The first-order valence-electron chi connectivity index (χ1n) is 7.21. The summed E-state index contributed by atoms with van der Waals surface area (Å²) in [5.74, 6) is 0.435. The van der Waals surface area contributed by atoms with Crippen LogP contribution in [-0.2, 0) is 16.1 Å². The zero-order valence-electron chi connectivity index (χ0n) is 13.0. The number of hydrogen-bond acceptors (Lipinski definition) is 5. The molecular weight excluding hydrogens is 270 g/mol. The molecule has 0 aliphatic carbocycles. The first-order chi connectivity index (χ1) is 10.1. The predicted molar refractivity (Wildman–Crippen MR) is 81.2 cm³/mol. The van der Waals surface area contributed by atoms with Crippen molar-refractivity contribution in [1.82, 2.24) is 5.32 Å². The topological polar surface area (TPSA) is 67.8 Å². The van der Waals surface area contributed by atoms with Gasteiger partial charge in [0.15, 0.2) is 0 Å². The van der Waals surface area contributed by atoms with Crippen LogP contribution in [0.5, 0.6) is 5.75 Å². The van der Waals surface area contributed by atoms with E-state index in [1.54, 1.807) is 12.1 Å². The third kappa shape index (κ3) is 5.36. The van der Waals surface area contributed by atoms with Crippen LogP contribution in [0.3, 0.4) is 0 Å².